The molecule has 0 aliphatic rings. The third-order valence-corrected chi connectivity index (χ3v) is 8.73. The summed E-state index contributed by atoms with van der Waals surface area (Å²) in [6, 6.07) is 16.7. The molecule has 1 heterocycles. The SMILES string of the molecule is CCCCN(Cc1cccn1Cc1ccc(Br)cc1)C(=O)CN(CCCOCC)S(=O)(=O)c1ccc(F)cc1. The van der Waals surface area contributed by atoms with Gasteiger partial charge in [-0.05, 0) is 73.9 Å². The van der Waals surface area contributed by atoms with Gasteiger partial charge in [-0.2, -0.15) is 4.31 Å². The Kier molecular flexibility index (Phi) is 12.2. The maximum absolute atomic E-state index is 13.6. The van der Waals surface area contributed by atoms with Crippen LogP contribution in [0.2, 0.25) is 0 Å². The smallest absolute Gasteiger partial charge is 0.243 e. The highest BCUT2D eigenvalue weighted by atomic mass is 79.9. The highest BCUT2D eigenvalue weighted by Gasteiger charge is 2.28. The molecule has 0 fully saturated rings. The fourth-order valence-corrected chi connectivity index (χ4v) is 5.84. The van der Waals surface area contributed by atoms with Gasteiger partial charge in [0.25, 0.3) is 0 Å². The van der Waals surface area contributed by atoms with Crippen molar-refractivity contribution in [3.05, 3.63) is 88.4 Å². The molecule has 10 heteroatoms. The second-order valence-electron chi connectivity index (χ2n) is 9.27. The molecule has 0 bridgehead atoms. The fourth-order valence-electron chi connectivity index (χ4n) is 4.15. The van der Waals surface area contributed by atoms with Crippen molar-refractivity contribution >= 4 is 31.9 Å². The highest BCUT2D eigenvalue weighted by molar-refractivity contribution is 9.10. The molecule has 0 unspecified atom stereocenters. The van der Waals surface area contributed by atoms with E-state index in [1.165, 1.54) is 16.4 Å². The Labute approximate surface area is 239 Å². The first-order valence-corrected chi connectivity index (χ1v) is 15.5. The van der Waals surface area contributed by atoms with Gasteiger partial charge in [0.15, 0.2) is 0 Å². The third kappa shape index (κ3) is 9.27. The summed E-state index contributed by atoms with van der Waals surface area (Å²) in [7, 11) is -4.01. The number of amides is 1. The molecule has 0 radical (unpaired) electrons. The molecule has 0 saturated carbocycles. The lowest BCUT2D eigenvalue weighted by atomic mass is 10.2. The number of aromatic nitrogens is 1. The van der Waals surface area contributed by atoms with Crippen molar-refractivity contribution in [1.29, 1.82) is 0 Å². The Morgan fingerprint density at radius 1 is 1.00 bits per heavy atom. The van der Waals surface area contributed by atoms with E-state index in [2.05, 4.69) is 27.4 Å². The van der Waals surface area contributed by atoms with E-state index >= 15 is 0 Å². The molecule has 3 rings (SSSR count). The summed E-state index contributed by atoms with van der Waals surface area (Å²) in [5, 5.41) is 0. The Bertz CT molecular complexity index is 1280. The minimum Gasteiger partial charge on any atom is -0.382 e. The van der Waals surface area contributed by atoms with Crippen molar-refractivity contribution in [2.45, 2.75) is 51.1 Å². The summed E-state index contributed by atoms with van der Waals surface area (Å²) < 4.78 is 50.1. The second-order valence-corrected chi connectivity index (χ2v) is 12.1. The Morgan fingerprint density at radius 2 is 1.72 bits per heavy atom. The van der Waals surface area contributed by atoms with Gasteiger partial charge in [0.05, 0.1) is 18.0 Å². The van der Waals surface area contributed by atoms with Crippen LogP contribution < -0.4 is 0 Å². The number of carbonyl (C=O) groups excluding carboxylic acids is 1. The molecule has 39 heavy (non-hydrogen) atoms. The third-order valence-electron chi connectivity index (χ3n) is 6.34. The summed E-state index contributed by atoms with van der Waals surface area (Å²) in [6.45, 7) is 6.18. The van der Waals surface area contributed by atoms with Crippen molar-refractivity contribution in [2.24, 2.45) is 0 Å². The van der Waals surface area contributed by atoms with Gasteiger partial charge in [-0.1, -0.05) is 41.4 Å². The van der Waals surface area contributed by atoms with Crippen molar-refractivity contribution in [3.63, 3.8) is 0 Å². The number of benzene rings is 2. The molecule has 0 saturated heterocycles. The molecule has 0 N–H and O–H groups in total. The number of sulfonamides is 1. The average molecular weight is 623 g/mol. The average Bonchev–Trinajstić information content (AvgIpc) is 3.35. The standard InChI is InChI=1S/C29H37BrFN3O4S/c1-3-5-17-33(22-27-8-6-18-32(27)21-24-9-11-25(30)12-10-24)29(35)23-34(19-7-20-38-4-2)39(36,37)28-15-13-26(31)14-16-28/h6,8-16,18H,3-5,7,17,19-23H2,1-2H3. The first kappa shape index (κ1) is 31.0. The normalized spacial score (nSPS) is 11.7. The zero-order valence-corrected chi connectivity index (χ0v) is 25.0. The summed E-state index contributed by atoms with van der Waals surface area (Å²) in [4.78, 5) is 15.3. The molecule has 212 valence electrons. The first-order valence-electron chi connectivity index (χ1n) is 13.2. The Morgan fingerprint density at radius 3 is 2.38 bits per heavy atom. The van der Waals surface area contributed by atoms with Crippen LogP contribution in [0, 0.1) is 5.82 Å². The van der Waals surface area contributed by atoms with E-state index in [4.69, 9.17) is 4.74 Å². The van der Waals surface area contributed by atoms with Gasteiger partial charge in [-0.15, -0.1) is 0 Å². The van der Waals surface area contributed by atoms with Crippen LogP contribution in [0.3, 0.4) is 0 Å². The van der Waals surface area contributed by atoms with Crippen molar-refractivity contribution in [3.8, 4) is 0 Å². The van der Waals surface area contributed by atoms with Gasteiger partial charge in [0.1, 0.15) is 5.82 Å². The van der Waals surface area contributed by atoms with Crippen LogP contribution in [0.1, 0.15) is 44.4 Å². The predicted octanol–water partition coefficient (Wildman–Crippen LogP) is 5.68. The number of ether oxygens (including phenoxy) is 1. The number of rotatable bonds is 16. The number of carbonyl (C=O) groups is 1. The monoisotopic (exact) mass is 621 g/mol. The van der Waals surface area contributed by atoms with E-state index in [0.29, 0.717) is 39.3 Å². The molecule has 0 aliphatic carbocycles. The zero-order chi connectivity index (χ0) is 28.3. The Balaban J connectivity index is 1.80. The molecule has 1 aromatic heterocycles. The summed E-state index contributed by atoms with van der Waals surface area (Å²) >= 11 is 3.46. The fraction of sp³-hybridized carbons (Fsp3) is 0.414. The van der Waals surface area contributed by atoms with Crippen LogP contribution in [-0.2, 0) is 32.6 Å². The summed E-state index contributed by atoms with van der Waals surface area (Å²) in [6.07, 6.45) is 4.12. The van der Waals surface area contributed by atoms with Crippen molar-refractivity contribution < 1.29 is 22.3 Å². The molecule has 7 nitrogen and oxygen atoms in total. The van der Waals surface area contributed by atoms with Gasteiger partial charge >= 0.3 is 0 Å². The van der Waals surface area contributed by atoms with Crippen molar-refractivity contribution in [2.75, 3.05) is 32.8 Å². The van der Waals surface area contributed by atoms with Crippen LogP contribution in [0.25, 0.3) is 0 Å². The van der Waals surface area contributed by atoms with Crippen molar-refractivity contribution in [1.82, 2.24) is 13.8 Å². The lowest BCUT2D eigenvalue weighted by molar-refractivity contribution is -0.132. The van der Waals surface area contributed by atoms with E-state index in [1.54, 1.807) is 4.90 Å². The van der Waals surface area contributed by atoms with Gasteiger partial charge in [-0.3, -0.25) is 4.79 Å². The largest absolute Gasteiger partial charge is 0.382 e. The van der Waals surface area contributed by atoms with E-state index in [9.17, 15) is 17.6 Å². The van der Waals surface area contributed by atoms with Crippen LogP contribution in [-0.4, -0.2) is 60.9 Å². The zero-order valence-electron chi connectivity index (χ0n) is 22.6. The van der Waals surface area contributed by atoms with Crippen LogP contribution in [0.4, 0.5) is 4.39 Å². The minimum atomic E-state index is -4.01. The van der Waals surface area contributed by atoms with E-state index in [0.717, 1.165) is 40.7 Å². The first-order chi connectivity index (χ1) is 18.7. The number of halogens is 2. The Hall–Kier alpha value is -2.53. The van der Waals surface area contributed by atoms with E-state index in [-0.39, 0.29) is 23.9 Å². The summed E-state index contributed by atoms with van der Waals surface area (Å²) in [5.41, 5.74) is 2.10. The van der Waals surface area contributed by atoms with Crippen LogP contribution >= 0.6 is 15.9 Å². The maximum atomic E-state index is 13.6. The van der Waals surface area contributed by atoms with E-state index in [1.807, 2.05) is 49.5 Å². The summed E-state index contributed by atoms with van der Waals surface area (Å²) in [5.74, 6) is -0.799. The van der Waals surface area contributed by atoms with E-state index < -0.39 is 15.8 Å². The van der Waals surface area contributed by atoms with Gasteiger partial charge in [0.2, 0.25) is 15.9 Å². The maximum Gasteiger partial charge on any atom is 0.243 e. The molecule has 3 aromatic rings. The molecule has 0 aliphatic heterocycles. The molecular weight excluding hydrogens is 585 g/mol. The quantitative estimate of drug-likeness (QED) is 0.193. The number of unbranched alkanes of at least 4 members (excludes halogenated alkanes) is 1. The number of nitrogens with zero attached hydrogens (tertiary/aromatic N) is 3. The van der Waals surface area contributed by atoms with Gasteiger partial charge in [0, 0.05) is 49.2 Å². The van der Waals surface area contributed by atoms with Crippen LogP contribution in [0.5, 0.6) is 0 Å². The molecule has 1 amide bonds. The number of hydrogen-bond donors (Lipinski definition) is 0. The molecule has 0 atom stereocenters. The predicted molar refractivity (Wildman–Crippen MR) is 154 cm³/mol. The highest BCUT2D eigenvalue weighted by Crippen LogP contribution is 2.19. The lowest BCUT2D eigenvalue weighted by Gasteiger charge is -2.28. The minimum absolute atomic E-state index is 0.0448. The van der Waals surface area contributed by atoms with Gasteiger partial charge < -0.3 is 14.2 Å². The molecule has 0 spiro atoms. The van der Waals surface area contributed by atoms with Crippen LogP contribution in [0.15, 0.2) is 76.2 Å². The topological polar surface area (TPSA) is 71.9 Å². The van der Waals surface area contributed by atoms with Gasteiger partial charge in [-0.25, -0.2) is 12.8 Å². The number of hydrogen-bond acceptors (Lipinski definition) is 4. The lowest BCUT2D eigenvalue weighted by Crippen LogP contribution is -2.43. The molecule has 2 aromatic carbocycles. The second kappa shape index (κ2) is 15.3. The molecular formula is C29H37BrFN3O4S.